The summed E-state index contributed by atoms with van der Waals surface area (Å²) < 4.78 is 23.5. The lowest BCUT2D eigenvalue weighted by atomic mass is 10.0. The molecule has 1 N–H and O–H groups in total. The maximum atomic E-state index is 13.1. The van der Waals surface area contributed by atoms with E-state index < -0.39 is 26.2 Å². The Labute approximate surface area is 277 Å². The van der Waals surface area contributed by atoms with Crippen LogP contribution < -0.4 is 10.1 Å². The fraction of sp³-hybridized carbons (Fsp3) is 0.516. The minimum Gasteiger partial charge on any atom is -0.466 e. The third kappa shape index (κ3) is 9.45. The number of methoxy groups -OCH3 is 1. The number of piperidine rings is 1. The van der Waals surface area contributed by atoms with E-state index in [1.807, 2.05) is 41.3 Å². The number of esters is 1. The molecule has 3 amide bonds. The lowest BCUT2D eigenvalue weighted by Gasteiger charge is -2.37. The van der Waals surface area contributed by atoms with Crippen molar-refractivity contribution in [2.75, 3.05) is 45.5 Å². The highest BCUT2D eigenvalue weighted by Gasteiger charge is 2.34. The zero-order chi connectivity index (χ0) is 31.9. The van der Waals surface area contributed by atoms with Gasteiger partial charge in [-0.15, -0.1) is 0 Å². The van der Waals surface area contributed by atoms with E-state index >= 15 is 0 Å². The van der Waals surface area contributed by atoms with E-state index in [0.717, 1.165) is 29.3 Å². The van der Waals surface area contributed by atoms with Gasteiger partial charge in [0.1, 0.15) is 0 Å². The fourth-order valence-corrected chi connectivity index (χ4v) is 7.49. The molecule has 240 valence electrons. The SMILES string of the molecule is COC(=O)[C@@H](Cc1cc(Br)c(OCOCC[Si](C)(C)C)c(Br)c1)OC(=O)N1CCC(N2CCc3ccccc3NC2=O)CC1. The summed E-state index contributed by atoms with van der Waals surface area (Å²) in [7, 11) is 0.0838. The third-order valence-electron chi connectivity index (χ3n) is 7.77. The molecule has 0 unspecified atom stereocenters. The first-order valence-corrected chi connectivity index (χ1v) is 20.1. The number of urea groups is 1. The molecule has 1 saturated heterocycles. The number of anilines is 1. The average Bonchev–Trinajstić information content (AvgIpc) is 3.15. The van der Waals surface area contributed by atoms with E-state index in [9.17, 15) is 14.4 Å². The second-order valence-corrected chi connectivity index (χ2v) is 19.5. The van der Waals surface area contributed by atoms with E-state index in [4.69, 9.17) is 18.9 Å². The van der Waals surface area contributed by atoms with Gasteiger partial charge >= 0.3 is 18.1 Å². The summed E-state index contributed by atoms with van der Waals surface area (Å²) in [6, 6.07) is 12.4. The zero-order valence-electron chi connectivity index (χ0n) is 25.7. The smallest absolute Gasteiger partial charge is 0.410 e. The van der Waals surface area contributed by atoms with Gasteiger partial charge in [0.2, 0.25) is 6.10 Å². The summed E-state index contributed by atoms with van der Waals surface area (Å²) in [5, 5.41) is 3.01. The minimum absolute atomic E-state index is 0.00550. The van der Waals surface area contributed by atoms with Gasteiger partial charge in [0.25, 0.3) is 0 Å². The van der Waals surface area contributed by atoms with Crippen LogP contribution in [0.4, 0.5) is 15.3 Å². The molecule has 2 aromatic carbocycles. The number of fused-ring (bicyclic) bond motifs is 1. The Balaban J connectivity index is 1.30. The Bertz CT molecular complexity index is 1310. The molecule has 2 heterocycles. The van der Waals surface area contributed by atoms with Crippen LogP contribution in [0.5, 0.6) is 5.75 Å². The summed E-state index contributed by atoms with van der Waals surface area (Å²) in [5.41, 5.74) is 2.70. The molecule has 0 aromatic heterocycles. The summed E-state index contributed by atoms with van der Waals surface area (Å²) >= 11 is 7.09. The number of amides is 3. The molecule has 44 heavy (non-hydrogen) atoms. The third-order valence-corrected chi connectivity index (χ3v) is 10.7. The molecule has 13 heteroatoms. The van der Waals surface area contributed by atoms with Crippen molar-refractivity contribution in [3.05, 3.63) is 56.5 Å². The number of carbonyl (C=O) groups is 3. The van der Waals surface area contributed by atoms with Crippen molar-refractivity contribution in [1.82, 2.24) is 9.80 Å². The van der Waals surface area contributed by atoms with Crippen LogP contribution >= 0.6 is 31.9 Å². The number of rotatable bonds is 11. The molecule has 10 nitrogen and oxygen atoms in total. The molecule has 0 bridgehead atoms. The monoisotopic (exact) mass is 753 g/mol. The van der Waals surface area contributed by atoms with Crippen LogP contribution in [0.2, 0.25) is 25.7 Å². The Kier molecular flexibility index (Phi) is 12.1. The first-order valence-electron chi connectivity index (χ1n) is 14.8. The van der Waals surface area contributed by atoms with Crippen LogP contribution in [0.15, 0.2) is 45.3 Å². The normalized spacial score (nSPS) is 16.5. The lowest BCUT2D eigenvalue weighted by molar-refractivity contribution is -0.151. The van der Waals surface area contributed by atoms with E-state index in [2.05, 4.69) is 56.8 Å². The van der Waals surface area contributed by atoms with Crippen molar-refractivity contribution in [1.29, 1.82) is 0 Å². The first-order chi connectivity index (χ1) is 20.9. The van der Waals surface area contributed by atoms with E-state index in [-0.39, 0.29) is 25.3 Å². The second kappa shape index (κ2) is 15.6. The van der Waals surface area contributed by atoms with Gasteiger partial charge in [-0.1, -0.05) is 37.8 Å². The van der Waals surface area contributed by atoms with Crippen LogP contribution in [0.3, 0.4) is 0 Å². The van der Waals surface area contributed by atoms with Crippen molar-refractivity contribution in [3.8, 4) is 5.75 Å². The van der Waals surface area contributed by atoms with Crippen LogP contribution in [0.25, 0.3) is 0 Å². The van der Waals surface area contributed by atoms with Gasteiger partial charge in [-0.05, 0) is 86.5 Å². The van der Waals surface area contributed by atoms with Crippen molar-refractivity contribution in [2.45, 2.75) is 63.5 Å². The van der Waals surface area contributed by atoms with E-state index in [0.29, 0.717) is 53.8 Å². The molecule has 0 saturated carbocycles. The highest BCUT2D eigenvalue weighted by Crippen LogP contribution is 2.35. The van der Waals surface area contributed by atoms with Gasteiger partial charge in [-0.3, -0.25) is 0 Å². The predicted molar refractivity (Wildman–Crippen MR) is 178 cm³/mol. The Morgan fingerprint density at radius 2 is 1.75 bits per heavy atom. The van der Waals surface area contributed by atoms with Crippen LogP contribution in [-0.4, -0.2) is 88.3 Å². The maximum Gasteiger partial charge on any atom is 0.410 e. The molecule has 2 aliphatic rings. The first kappa shape index (κ1) is 34.3. The summed E-state index contributed by atoms with van der Waals surface area (Å²) in [6.45, 7) is 9.09. The summed E-state index contributed by atoms with van der Waals surface area (Å²) in [5.74, 6) is -0.0596. The highest BCUT2D eigenvalue weighted by molar-refractivity contribution is 9.11. The Morgan fingerprint density at radius 3 is 2.41 bits per heavy atom. The van der Waals surface area contributed by atoms with Crippen molar-refractivity contribution < 1.29 is 33.3 Å². The highest BCUT2D eigenvalue weighted by atomic mass is 79.9. The van der Waals surface area contributed by atoms with Gasteiger partial charge < -0.3 is 34.1 Å². The molecule has 0 radical (unpaired) electrons. The molecular formula is C31H41Br2N3O7Si. The van der Waals surface area contributed by atoms with Gasteiger partial charge in [0.05, 0.1) is 16.1 Å². The number of nitrogens with one attached hydrogen (secondary N) is 1. The number of ether oxygens (including phenoxy) is 4. The minimum atomic E-state index is -1.18. The Morgan fingerprint density at radius 1 is 1.07 bits per heavy atom. The molecule has 1 fully saturated rings. The Hall–Kier alpha value is -2.61. The van der Waals surface area contributed by atoms with Crippen molar-refractivity contribution in [2.24, 2.45) is 0 Å². The fourth-order valence-electron chi connectivity index (χ4n) is 5.22. The summed E-state index contributed by atoms with van der Waals surface area (Å²) in [4.78, 5) is 42.2. The zero-order valence-corrected chi connectivity index (χ0v) is 29.9. The molecule has 1 atom stereocenters. The maximum absolute atomic E-state index is 13.1. The number of halogens is 2. The van der Waals surface area contributed by atoms with E-state index in [1.165, 1.54) is 7.11 Å². The van der Waals surface area contributed by atoms with E-state index in [1.54, 1.807) is 4.90 Å². The number of para-hydroxylation sites is 1. The largest absolute Gasteiger partial charge is 0.466 e. The molecule has 2 aromatic rings. The number of hydrogen-bond acceptors (Lipinski definition) is 7. The topological polar surface area (TPSA) is 107 Å². The van der Waals surface area contributed by atoms with Crippen molar-refractivity contribution in [3.63, 3.8) is 0 Å². The van der Waals surface area contributed by atoms with Gasteiger partial charge in [0, 0.05) is 52.5 Å². The molecular weight excluding hydrogens is 714 g/mol. The van der Waals surface area contributed by atoms with Crippen LogP contribution in [0, 0.1) is 0 Å². The number of benzene rings is 2. The average molecular weight is 756 g/mol. The molecule has 0 spiro atoms. The number of carbonyl (C=O) groups excluding carboxylic acids is 3. The van der Waals surface area contributed by atoms with Crippen LogP contribution in [-0.2, 0) is 31.8 Å². The molecule has 4 rings (SSSR count). The number of likely N-dealkylation sites (tertiary alicyclic amines) is 1. The van der Waals surface area contributed by atoms with Gasteiger partial charge in [0.15, 0.2) is 12.5 Å². The summed E-state index contributed by atoms with van der Waals surface area (Å²) in [6.07, 6.45) is 0.406. The quantitative estimate of drug-likeness (QED) is 0.118. The standard InChI is InChI=1S/C31H41Br2N3O7Si/c1-40-29(37)27(19-21-17-24(32)28(25(33)18-21)42-20-41-15-16-44(2,3)4)43-31(39)35-12-10-23(11-13-35)36-14-9-22-7-5-6-8-26(22)34-30(36)38/h5-8,17-18,23,27H,9-16,19-20H2,1-4H3,(H,34,38)/t27-/m1/s1. The lowest BCUT2D eigenvalue weighted by Crippen LogP contribution is -2.50. The van der Waals surface area contributed by atoms with Crippen LogP contribution in [0.1, 0.15) is 24.0 Å². The molecule has 0 aliphatic carbocycles. The van der Waals surface area contributed by atoms with Gasteiger partial charge in [-0.2, -0.15) is 0 Å². The van der Waals surface area contributed by atoms with Gasteiger partial charge in [-0.25, -0.2) is 14.4 Å². The van der Waals surface area contributed by atoms with Crippen molar-refractivity contribution >= 4 is 63.7 Å². The predicted octanol–water partition coefficient (Wildman–Crippen LogP) is 6.68. The number of hydrogen-bond donors (Lipinski definition) is 1. The molecule has 2 aliphatic heterocycles. The number of nitrogens with zero attached hydrogens (tertiary/aromatic N) is 2. The second-order valence-electron chi connectivity index (χ2n) is 12.2.